The fourth-order valence-electron chi connectivity index (χ4n) is 1.96. The van der Waals surface area contributed by atoms with Crippen molar-refractivity contribution in [3.8, 4) is 0 Å². The number of anilines is 1. The summed E-state index contributed by atoms with van der Waals surface area (Å²) in [7, 11) is 1.51. The molecular weight excluding hydrogens is 237 g/mol. The number of halogens is 1. The second-order valence-corrected chi connectivity index (χ2v) is 4.11. The fourth-order valence-corrected chi connectivity index (χ4v) is 1.96. The first-order valence-electron chi connectivity index (χ1n) is 5.64. The number of amides is 3. The van der Waals surface area contributed by atoms with Crippen molar-refractivity contribution < 1.29 is 14.0 Å². The van der Waals surface area contributed by atoms with Crippen LogP contribution in [0.25, 0.3) is 0 Å². The molecule has 18 heavy (non-hydrogen) atoms. The quantitative estimate of drug-likeness (QED) is 0.819. The van der Waals surface area contributed by atoms with Crippen molar-refractivity contribution in [1.82, 2.24) is 10.6 Å². The molecule has 1 aliphatic heterocycles. The summed E-state index contributed by atoms with van der Waals surface area (Å²) >= 11 is 0. The summed E-state index contributed by atoms with van der Waals surface area (Å²) in [6, 6.07) is 5.28. The Balaban J connectivity index is 2.08. The highest BCUT2D eigenvalue weighted by Crippen LogP contribution is 2.22. The minimum Gasteiger partial charge on any atom is -0.341 e. The molecule has 0 aliphatic carbocycles. The van der Waals surface area contributed by atoms with E-state index < -0.39 is 0 Å². The lowest BCUT2D eigenvalue weighted by Gasteiger charge is -2.17. The van der Waals surface area contributed by atoms with Crippen LogP contribution in [0.3, 0.4) is 0 Å². The maximum atomic E-state index is 13.1. The number of hydrogen-bond donors (Lipinski definition) is 2. The molecule has 96 valence electrons. The Morgan fingerprint density at radius 2 is 2.28 bits per heavy atom. The van der Waals surface area contributed by atoms with Gasteiger partial charge in [-0.3, -0.25) is 4.79 Å². The van der Waals surface area contributed by atoms with Gasteiger partial charge in [0.25, 0.3) is 0 Å². The Morgan fingerprint density at radius 1 is 1.50 bits per heavy atom. The Bertz CT molecular complexity index is 478. The highest BCUT2D eigenvalue weighted by Gasteiger charge is 2.31. The maximum absolute atomic E-state index is 13.1. The summed E-state index contributed by atoms with van der Waals surface area (Å²) in [5.41, 5.74) is 0.515. The summed E-state index contributed by atoms with van der Waals surface area (Å²) in [4.78, 5) is 24.4. The highest BCUT2D eigenvalue weighted by atomic mass is 19.1. The van der Waals surface area contributed by atoms with Gasteiger partial charge in [0.1, 0.15) is 5.82 Å². The molecule has 1 fully saturated rings. The number of benzene rings is 1. The van der Waals surface area contributed by atoms with E-state index in [0.717, 1.165) is 0 Å². The number of nitrogens with one attached hydrogen (secondary N) is 2. The molecule has 3 amide bonds. The molecule has 1 aromatic rings. The van der Waals surface area contributed by atoms with Gasteiger partial charge in [0.2, 0.25) is 5.91 Å². The van der Waals surface area contributed by atoms with Crippen LogP contribution in [-0.2, 0) is 4.79 Å². The molecule has 0 spiro atoms. The molecule has 2 rings (SSSR count). The maximum Gasteiger partial charge on any atom is 0.314 e. The third kappa shape index (κ3) is 2.58. The van der Waals surface area contributed by atoms with Gasteiger partial charge < -0.3 is 15.5 Å². The molecule has 1 aliphatic rings. The van der Waals surface area contributed by atoms with Crippen molar-refractivity contribution in [1.29, 1.82) is 0 Å². The molecule has 1 saturated heterocycles. The summed E-state index contributed by atoms with van der Waals surface area (Å²) in [6.45, 7) is 0.357. The Morgan fingerprint density at radius 3 is 2.94 bits per heavy atom. The van der Waals surface area contributed by atoms with E-state index in [9.17, 15) is 14.0 Å². The fraction of sp³-hybridized carbons (Fsp3) is 0.333. The van der Waals surface area contributed by atoms with Crippen LogP contribution in [-0.4, -0.2) is 31.6 Å². The van der Waals surface area contributed by atoms with Gasteiger partial charge in [-0.05, 0) is 18.2 Å². The molecule has 1 heterocycles. The van der Waals surface area contributed by atoms with Crippen molar-refractivity contribution >= 4 is 17.6 Å². The Kier molecular flexibility index (Phi) is 3.45. The smallest absolute Gasteiger partial charge is 0.314 e. The molecule has 5 nitrogen and oxygen atoms in total. The van der Waals surface area contributed by atoms with E-state index in [2.05, 4.69) is 10.6 Å². The zero-order valence-electron chi connectivity index (χ0n) is 9.94. The van der Waals surface area contributed by atoms with E-state index in [-0.39, 0.29) is 30.2 Å². The molecule has 6 heteroatoms. The lowest BCUT2D eigenvalue weighted by atomic mass is 10.2. The standard InChI is InChI=1S/C12H14FN3O2/c1-14-12(18)15-9-6-11(17)16(7-9)10-4-2-3-8(13)5-10/h2-5,9H,6-7H2,1H3,(H2,14,15,18). The molecule has 0 saturated carbocycles. The van der Waals surface area contributed by atoms with Crippen LogP contribution in [0, 0.1) is 5.82 Å². The lowest BCUT2D eigenvalue weighted by molar-refractivity contribution is -0.117. The first-order valence-corrected chi connectivity index (χ1v) is 5.64. The Hall–Kier alpha value is -2.11. The summed E-state index contributed by atoms with van der Waals surface area (Å²) in [5, 5.41) is 5.10. The largest absolute Gasteiger partial charge is 0.341 e. The highest BCUT2D eigenvalue weighted by molar-refractivity contribution is 5.96. The number of carbonyl (C=O) groups is 2. The van der Waals surface area contributed by atoms with Gasteiger partial charge in [-0.25, -0.2) is 9.18 Å². The van der Waals surface area contributed by atoms with Crippen LogP contribution in [0.1, 0.15) is 6.42 Å². The molecule has 0 radical (unpaired) electrons. The average molecular weight is 251 g/mol. The van der Waals surface area contributed by atoms with Crippen molar-refractivity contribution in [3.63, 3.8) is 0 Å². The first kappa shape index (κ1) is 12.3. The van der Waals surface area contributed by atoms with Crippen LogP contribution in [0.4, 0.5) is 14.9 Å². The number of carbonyl (C=O) groups excluding carboxylic acids is 2. The normalized spacial score (nSPS) is 18.9. The molecule has 1 aromatic carbocycles. The van der Waals surface area contributed by atoms with Crippen LogP contribution < -0.4 is 15.5 Å². The van der Waals surface area contributed by atoms with Gasteiger partial charge >= 0.3 is 6.03 Å². The minimum atomic E-state index is -0.386. The van der Waals surface area contributed by atoms with Crippen molar-refractivity contribution in [2.24, 2.45) is 0 Å². The Labute approximate surface area is 104 Å². The van der Waals surface area contributed by atoms with Gasteiger partial charge in [0.15, 0.2) is 0 Å². The summed E-state index contributed by atoms with van der Waals surface area (Å²) in [5.74, 6) is -0.509. The van der Waals surface area contributed by atoms with Gasteiger partial charge in [-0.2, -0.15) is 0 Å². The molecular formula is C12H14FN3O2. The second-order valence-electron chi connectivity index (χ2n) is 4.11. The predicted octanol–water partition coefficient (Wildman–Crippen LogP) is 0.860. The minimum absolute atomic E-state index is 0.123. The van der Waals surface area contributed by atoms with Crippen LogP contribution in [0.5, 0.6) is 0 Å². The molecule has 0 aromatic heterocycles. The first-order chi connectivity index (χ1) is 8.60. The molecule has 0 bridgehead atoms. The van der Waals surface area contributed by atoms with Gasteiger partial charge in [-0.15, -0.1) is 0 Å². The SMILES string of the molecule is CNC(=O)NC1CC(=O)N(c2cccc(F)c2)C1. The lowest BCUT2D eigenvalue weighted by Crippen LogP contribution is -2.41. The summed E-state index contributed by atoms with van der Waals surface area (Å²) < 4.78 is 13.1. The van der Waals surface area contributed by atoms with Crippen molar-refractivity contribution in [2.75, 3.05) is 18.5 Å². The van der Waals surface area contributed by atoms with E-state index in [0.29, 0.717) is 12.2 Å². The third-order valence-corrected chi connectivity index (χ3v) is 2.81. The van der Waals surface area contributed by atoms with Gasteiger partial charge in [0.05, 0.1) is 6.04 Å². The number of nitrogens with zero attached hydrogens (tertiary/aromatic N) is 1. The third-order valence-electron chi connectivity index (χ3n) is 2.81. The van der Waals surface area contributed by atoms with Crippen LogP contribution >= 0.6 is 0 Å². The molecule has 2 N–H and O–H groups in total. The zero-order valence-corrected chi connectivity index (χ0v) is 9.94. The zero-order chi connectivity index (χ0) is 13.1. The number of urea groups is 1. The summed E-state index contributed by atoms with van der Waals surface area (Å²) in [6.07, 6.45) is 0.226. The molecule has 1 atom stereocenters. The molecule has 1 unspecified atom stereocenters. The average Bonchev–Trinajstić information content (AvgIpc) is 2.70. The number of hydrogen-bond acceptors (Lipinski definition) is 2. The van der Waals surface area contributed by atoms with E-state index >= 15 is 0 Å². The monoisotopic (exact) mass is 251 g/mol. The topological polar surface area (TPSA) is 61.4 Å². The van der Waals surface area contributed by atoms with Crippen molar-refractivity contribution in [2.45, 2.75) is 12.5 Å². The van der Waals surface area contributed by atoms with E-state index in [1.165, 1.54) is 24.1 Å². The van der Waals surface area contributed by atoms with E-state index in [1.807, 2.05) is 0 Å². The van der Waals surface area contributed by atoms with Crippen LogP contribution in [0.2, 0.25) is 0 Å². The number of rotatable bonds is 2. The predicted molar refractivity (Wildman–Crippen MR) is 64.7 cm³/mol. The van der Waals surface area contributed by atoms with Gasteiger partial charge in [-0.1, -0.05) is 6.07 Å². The van der Waals surface area contributed by atoms with Crippen LogP contribution in [0.15, 0.2) is 24.3 Å². The second kappa shape index (κ2) is 5.03. The van der Waals surface area contributed by atoms with E-state index in [1.54, 1.807) is 12.1 Å². The van der Waals surface area contributed by atoms with Crippen molar-refractivity contribution in [3.05, 3.63) is 30.1 Å². The van der Waals surface area contributed by atoms with Gasteiger partial charge in [0, 0.05) is 25.7 Å². The van der Waals surface area contributed by atoms with E-state index in [4.69, 9.17) is 0 Å².